The lowest BCUT2D eigenvalue weighted by Gasteiger charge is -2.37. The number of aliphatic hydroxyl groups excluding tert-OH is 2. The molecule has 1 aliphatic rings. The van der Waals surface area contributed by atoms with Gasteiger partial charge in [0.15, 0.2) is 0 Å². The summed E-state index contributed by atoms with van der Waals surface area (Å²) in [7, 11) is 0. The van der Waals surface area contributed by atoms with E-state index in [9.17, 15) is 29.4 Å². The fourth-order valence-corrected chi connectivity index (χ4v) is 2.46. The van der Waals surface area contributed by atoms with Gasteiger partial charge >= 0.3 is 12.2 Å². The molecule has 12 heteroatoms. The van der Waals surface area contributed by atoms with Gasteiger partial charge in [-0.15, -0.1) is 0 Å². The van der Waals surface area contributed by atoms with Crippen LogP contribution in [0.1, 0.15) is 34.1 Å². The number of carbonyl (C=O) groups is 4. The molecule has 0 saturated heterocycles. The maximum atomic E-state index is 12.5. The van der Waals surface area contributed by atoms with Crippen LogP contribution in [0.5, 0.6) is 0 Å². The zero-order valence-corrected chi connectivity index (χ0v) is 16.7. The fourth-order valence-electron chi connectivity index (χ4n) is 2.46. The number of ether oxygens (including phenoxy) is 2. The quantitative estimate of drug-likeness (QED) is 0.338. The van der Waals surface area contributed by atoms with Crippen LogP contribution in [0.4, 0.5) is 9.59 Å². The lowest BCUT2D eigenvalue weighted by molar-refractivity contribution is -0.123. The highest BCUT2D eigenvalue weighted by atomic mass is 16.6. The van der Waals surface area contributed by atoms with Gasteiger partial charge in [0.05, 0.1) is 24.9 Å². The number of amides is 4. The molecule has 164 valence electrons. The predicted octanol–water partition coefficient (Wildman–Crippen LogP) is -1.09. The Hall–Kier alpha value is -2.86. The van der Waals surface area contributed by atoms with Crippen molar-refractivity contribution in [3.63, 3.8) is 0 Å². The van der Waals surface area contributed by atoms with Gasteiger partial charge in [-0.1, -0.05) is 0 Å². The van der Waals surface area contributed by atoms with Crippen LogP contribution in [-0.2, 0) is 19.1 Å². The van der Waals surface area contributed by atoms with Gasteiger partial charge in [0.1, 0.15) is 12.1 Å². The fraction of sp³-hybridized carbons (Fsp3) is 0.647. The number of carbonyl (C=O) groups excluding carboxylic acids is 4. The summed E-state index contributed by atoms with van der Waals surface area (Å²) < 4.78 is 10.00. The van der Waals surface area contributed by atoms with Gasteiger partial charge in [0.25, 0.3) is 0 Å². The molecule has 6 N–H and O–H groups in total. The number of nitrogens with two attached hydrogens (primary N) is 1. The second-order valence-corrected chi connectivity index (χ2v) is 6.96. The first-order chi connectivity index (χ1) is 13.4. The van der Waals surface area contributed by atoms with E-state index < -0.39 is 61.0 Å². The number of primary amides is 1. The van der Waals surface area contributed by atoms with Crippen LogP contribution in [0.2, 0.25) is 0 Å². The average Bonchev–Trinajstić information content (AvgIpc) is 2.58. The molecule has 0 spiro atoms. The van der Waals surface area contributed by atoms with Crippen LogP contribution >= 0.6 is 0 Å². The Labute approximate surface area is 168 Å². The molecule has 29 heavy (non-hydrogen) atoms. The van der Waals surface area contributed by atoms with Crippen molar-refractivity contribution >= 4 is 24.0 Å². The topological polar surface area (TPSA) is 181 Å². The summed E-state index contributed by atoms with van der Waals surface area (Å²) in [6, 6.07) is -1.35. The lowest BCUT2D eigenvalue weighted by Crippen LogP contribution is -2.59. The smallest absolute Gasteiger partial charge is 0.429 e. The molecule has 0 aromatic heterocycles. The molecule has 1 rings (SSSR count). The van der Waals surface area contributed by atoms with Gasteiger partial charge in [0.2, 0.25) is 11.8 Å². The van der Waals surface area contributed by atoms with E-state index in [1.165, 1.54) is 6.08 Å². The van der Waals surface area contributed by atoms with E-state index in [4.69, 9.17) is 15.2 Å². The summed E-state index contributed by atoms with van der Waals surface area (Å²) in [5.41, 5.74) is 7.12. The SMILES string of the molecule is CC(C)OC(=O)NN(C(=O)OC(C)C)C1C=C(C(=O)NCC(N)=O)CC(O)C1O. The number of nitrogens with one attached hydrogen (secondary N) is 2. The van der Waals surface area contributed by atoms with E-state index in [0.29, 0.717) is 5.01 Å². The Balaban J connectivity index is 3.17. The van der Waals surface area contributed by atoms with Crippen molar-refractivity contribution in [2.24, 2.45) is 5.73 Å². The van der Waals surface area contributed by atoms with E-state index in [1.807, 2.05) is 0 Å². The molecule has 0 fully saturated rings. The van der Waals surface area contributed by atoms with E-state index in [0.717, 1.165) is 0 Å². The summed E-state index contributed by atoms with van der Waals surface area (Å²) >= 11 is 0. The largest absolute Gasteiger partial charge is 0.446 e. The van der Waals surface area contributed by atoms with Crippen LogP contribution in [-0.4, -0.2) is 76.2 Å². The monoisotopic (exact) mass is 416 g/mol. The zero-order chi connectivity index (χ0) is 22.3. The highest BCUT2D eigenvalue weighted by Crippen LogP contribution is 2.23. The van der Waals surface area contributed by atoms with Crippen LogP contribution in [0.25, 0.3) is 0 Å². The Morgan fingerprint density at radius 1 is 1.17 bits per heavy atom. The molecule has 0 aromatic carbocycles. The van der Waals surface area contributed by atoms with Gasteiger partial charge in [-0.3, -0.25) is 9.59 Å². The minimum absolute atomic E-state index is 0.0181. The van der Waals surface area contributed by atoms with Gasteiger partial charge in [0, 0.05) is 12.0 Å². The maximum Gasteiger partial charge on any atom is 0.429 e. The van der Waals surface area contributed by atoms with Gasteiger partial charge in [-0.2, -0.15) is 0 Å². The number of rotatable bonds is 6. The molecule has 0 aliphatic heterocycles. The Morgan fingerprint density at radius 3 is 2.28 bits per heavy atom. The van der Waals surface area contributed by atoms with E-state index in [1.54, 1.807) is 27.7 Å². The van der Waals surface area contributed by atoms with Crippen LogP contribution < -0.4 is 16.5 Å². The van der Waals surface area contributed by atoms with E-state index >= 15 is 0 Å². The summed E-state index contributed by atoms with van der Waals surface area (Å²) in [6.07, 6.45) is -5.12. The van der Waals surface area contributed by atoms with Crippen molar-refractivity contribution in [1.29, 1.82) is 0 Å². The van der Waals surface area contributed by atoms with Crippen molar-refractivity contribution in [2.45, 2.75) is 64.6 Å². The first-order valence-electron chi connectivity index (χ1n) is 9.02. The highest BCUT2D eigenvalue weighted by molar-refractivity contribution is 5.96. The molecular weight excluding hydrogens is 388 g/mol. The molecule has 1 aliphatic carbocycles. The van der Waals surface area contributed by atoms with Crippen LogP contribution in [0.3, 0.4) is 0 Å². The Kier molecular flexibility index (Phi) is 8.85. The standard InChI is InChI=1S/C17H28N4O8/c1-8(2)28-16(26)20-21(17(27)29-9(3)4)11-5-10(6-12(22)14(11)24)15(25)19-7-13(18)23/h5,8-9,11-12,14,22,24H,6-7H2,1-4H3,(H2,18,23)(H,19,25)(H,20,26). The van der Waals surface area contributed by atoms with Crippen molar-refractivity contribution in [3.05, 3.63) is 11.6 Å². The molecule has 12 nitrogen and oxygen atoms in total. The molecular formula is C17H28N4O8. The molecule has 0 heterocycles. The molecule has 3 unspecified atom stereocenters. The zero-order valence-electron chi connectivity index (χ0n) is 16.7. The van der Waals surface area contributed by atoms with Crippen molar-refractivity contribution in [1.82, 2.24) is 15.8 Å². The number of nitrogens with zero attached hydrogens (tertiary/aromatic N) is 1. The maximum absolute atomic E-state index is 12.5. The molecule has 0 aromatic rings. The van der Waals surface area contributed by atoms with E-state index in [-0.39, 0.29) is 12.0 Å². The summed E-state index contributed by atoms with van der Waals surface area (Å²) in [4.78, 5) is 47.5. The average molecular weight is 416 g/mol. The number of hydrogen-bond donors (Lipinski definition) is 5. The molecule has 3 atom stereocenters. The molecule has 0 bridgehead atoms. The predicted molar refractivity (Wildman–Crippen MR) is 98.9 cm³/mol. The van der Waals surface area contributed by atoms with Crippen molar-refractivity contribution < 1.29 is 38.9 Å². The van der Waals surface area contributed by atoms with Crippen LogP contribution in [0.15, 0.2) is 11.6 Å². The van der Waals surface area contributed by atoms with Gasteiger partial charge in [-0.05, 0) is 33.8 Å². The number of aliphatic hydroxyl groups is 2. The first-order valence-corrected chi connectivity index (χ1v) is 9.02. The second kappa shape index (κ2) is 10.6. The minimum Gasteiger partial charge on any atom is -0.446 e. The number of hydrazine groups is 1. The normalized spacial score (nSPS) is 21.2. The van der Waals surface area contributed by atoms with Crippen molar-refractivity contribution in [3.8, 4) is 0 Å². The van der Waals surface area contributed by atoms with Crippen LogP contribution in [0, 0.1) is 0 Å². The van der Waals surface area contributed by atoms with Crippen molar-refractivity contribution in [2.75, 3.05) is 6.54 Å². The van der Waals surface area contributed by atoms with Gasteiger partial charge < -0.3 is 30.7 Å². The first kappa shape index (κ1) is 24.2. The Morgan fingerprint density at radius 2 is 1.76 bits per heavy atom. The lowest BCUT2D eigenvalue weighted by atomic mass is 9.89. The highest BCUT2D eigenvalue weighted by Gasteiger charge is 2.40. The third-order valence-electron chi connectivity index (χ3n) is 3.65. The summed E-state index contributed by atoms with van der Waals surface area (Å²) in [5, 5.41) is 23.4. The molecule has 0 saturated carbocycles. The van der Waals surface area contributed by atoms with E-state index in [2.05, 4.69) is 10.7 Å². The Bertz CT molecular complexity index is 664. The summed E-state index contributed by atoms with van der Waals surface area (Å²) in [6.45, 7) is 5.91. The minimum atomic E-state index is -1.54. The second-order valence-electron chi connectivity index (χ2n) is 6.96. The molecule has 0 radical (unpaired) electrons. The summed E-state index contributed by atoms with van der Waals surface area (Å²) in [5.74, 6) is -1.49. The third-order valence-corrected chi connectivity index (χ3v) is 3.65. The van der Waals surface area contributed by atoms with Gasteiger partial charge in [-0.25, -0.2) is 20.0 Å². The molecule has 4 amide bonds. The third kappa shape index (κ3) is 7.58. The number of hydrogen-bond acceptors (Lipinski definition) is 8.